The second-order valence-electron chi connectivity index (χ2n) is 3.18. The molecule has 6 heteroatoms. The smallest absolute Gasteiger partial charge is 0.167 e. The van der Waals surface area contributed by atoms with Gasteiger partial charge in [0.1, 0.15) is 6.10 Å². The van der Waals surface area contributed by atoms with Crippen molar-refractivity contribution in [2.45, 2.75) is 10.8 Å². The number of rotatable bonds is 3. The largest absolute Gasteiger partial charge is 0.386 e. The summed E-state index contributed by atoms with van der Waals surface area (Å²) >= 11 is 8.87. The minimum Gasteiger partial charge on any atom is -0.386 e. The van der Waals surface area contributed by atoms with Crippen LogP contribution < -0.4 is 0 Å². The van der Waals surface area contributed by atoms with E-state index >= 15 is 0 Å². The van der Waals surface area contributed by atoms with Crippen LogP contribution in [0.2, 0.25) is 0 Å². The third kappa shape index (κ3) is 3.45. The first kappa shape index (κ1) is 13.0. The maximum atomic E-state index is 11.1. The molecule has 0 radical (unpaired) electrons. The fourth-order valence-electron chi connectivity index (χ4n) is 1.05. The average molecular weight is 314 g/mol. The van der Waals surface area contributed by atoms with Gasteiger partial charge < -0.3 is 5.11 Å². The van der Waals surface area contributed by atoms with E-state index in [1.165, 1.54) is 0 Å². The molecule has 1 rings (SSSR count). The number of benzene rings is 1. The van der Waals surface area contributed by atoms with Crippen molar-refractivity contribution in [2.75, 3.05) is 6.26 Å². The Kier molecular flexibility index (Phi) is 4.17. The topological polar surface area (TPSA) is 54.4 Å². The van der Waals surface area contributed by atoms with E-state index in [-0.39, 0.29) is 0 Å². The molecule has 2 atom stereocenters. The summed E-state index contributed by atoms with van der Waals surface area (Å²) in [5, 5.41) is 9.69. The maximum absolute atomic E-state index is 11.1. The highest BCUT2D eigenvalue weighted by molar-refractivity contribution is 9.10. The Morgan fingerprint density at radius 3 is 2.20 bits per heavy atom. The van der Waals surface area contributed by atoms with Gasteiger partial charge in [-0.25, -0.2) is 8.42 Å². The molecule has 0 aromatic heterocycles. The molecule has 3 nitrogen and oxygen atoms in total. The molecule has 1 aromatic rings. The number of aliphatic hydroxyl groups excluding tert-OH is 1. The van der Waals surface area contributed by atoms with Gasteiger partial charge in [-0.1, -0.05) is 28.1 Å². The molecule has 0 saturated heterocycles. The molecule has 0 aliphatic heterocycles. The number of halogens is 2. The zero-order chi connectivity index (χ0) is 11.6. The van der Waals surface area contributed by atoms with Crippen molar-refractivity contribution in [3.8, 4) is 0 Å². The summed E-state index contributed by atoms with van der Waals surface area (Å²) < 4.78 is 21.8. The van der Waals surface area contributed by atoms with Gasteiger partial charge in [0, 0.05) is 10.7 Å². The molecule has 0 saturated carbocycles. The predicted octanol–water partition coefficient (Wildman–Crippen LogP) is 2.09. The Hall–Kier alpha value is -0.100. The monoisotopic (exact) mass is 312 g/mol. The molecule has 0 fully saturated rings. The molecule has 0 unspecified atom stereocenters. The molecule has 0 bridgehead atoms. The van der Waals surface area contributed by atoms with E-state index in [9.17, 15) is 13.5 Å². The van der Waals surface area contributed by atoms with E-state index in [1.807, 2.05) is 0 Å². The van der Waals surface area contributed by atoms with E-state index in [2.05, 4.69) is 15.9 Å². The van der Waals surface area contributed by atoms with Crippen LogP contribution in [0.25, 0.3) is 0 Å². The van der Waals surface area contributed by atoms with Crippen molar-refractivity contribution in [3.63, 3.8) is 0 Å². The standard InChI is InChI=1S/C9H10BrClO3S/c1-15(13,14)9(11)8(12)6-2-4-7(10)5-3-6/h2-5,8-9,12H,1H3/t8-,9+/m0/s1. The van der Waals surface area contributed by atoms with Crippen LogP contribution in [0, 0.1) is 0 Å². The third-order valence-electron chi connectivity index (χ3n) is 1.87. The highest BCUT2D eigenvalue weighted by atomic mass is 79.9. The van der Waals surface area contributed by atoms with E-state index in [1.54, 1.807) is 24.3 Å². The first-order chi connectivity index (χ1) is 6.82. The van der Waals surface area contributed by atoms with Gasteiger partial charge in [0.2, 0.25) is 0 Å². The zero-order valence-corrected chi connectivity index (χ0v) is 11.1. The van der Waals surface area contributed by atoms with Gasteiger partial charge >= 0.3 is 0 Å². The fourth-order valence-corrected chi connectivity index (χ4v) is 2.08. The van der Waals surface area contributed by atoms with E-state index in [0.29, 0.717) is 5.56 Å². The molecule has 84 valence electrons. The van der Waals surface area contributed by atoms with Gasteiger partial charge in [0.05, 0.1) is 0 Å². The van der Waals surface area contributed by atoms with E-state index in [4.69, 9.17) is 11.6 Å². The minimum atomic E-state index is -3.46. The quantitative estimate of drug-likeness (QED) is 0.869. The summed E-state index contributed by atoms with van der Waals surface area (Å²) in [7, 11) is -3.46. The van der Waals surface area contributed by atoms with Crippen molar-refractivity contribution >= 4 is 37.4 Å². The number of alkyl halides is 1. The number of hydrogen-bond donors (Lipinski definition) is 1. The normalized spacial score (nSPS) is 16.0. The molecule has 15 heavy (non-hydrogen) atoms. The number of aliphatic hydroxyl groups is 1. The SMILES string of the molecule is CS(=O)(=O)[C@@H](Cl)[C@@H](O)c1ccc(Br)cc1. The summed E-state index contributed by atoms with van der Waals surface area (Å²) in [6, 6.07) is 6.67. The molecule has 0 amide bonds. The molecule has 1 aromatic carbocycles. The molecule has 0 spiro atoms. The first-order valence-electron chi connectivity index (χ1n) is 4.09. The Bertz CT molecular complexity index is 429. The fraction of sp³-hybridized carbons (Fsp3) is 0.333. The Morgan fingerprint density at radius 2 is 1.80 bits per heavy atom. The van der Waals surface area contributed by atoms with Crippen molar-refractivity contribution < 1.29 is 13.5 Å². The van der Waals surface area contributed by atoms with Crippen molar-refractivity contribution in [3.05, 3.63) is 34.3 Å². The second-order valence-corrected chi connectivity index (χ2v) is 6.99. The Balaban J connectivity index is 2.95. The van der Waals surface area contributed by atoms with Gasteiger partial charge in [-0.2, -0.15) is 0 Å². The lowest BCUT2D eigenvalue weighted by Gasteiger charge is -2.15. The molecule has 0 aliphatic carbocycles. The van der Waals surface area contributed by atoms with Crippen LogP contribution in [0.3, 0.4) is 0 Å². The molecular formula is C9H10BrClO3S. The highest BCUT2D eigenvalue weighted by Gasteiger charge is 2.27. The van der Waals surface area contributed by atoms with Crippen LogP contribution in [-0.2, 0) is 9.84 Å². The summed E-state index contributed by atoms with van der Waals surface area (Å²) in [4.78, 5) is 0. The van der Waals surface area contributed by atoms with Crippen LogP contribution in [0.5, 0.6) is 0 Å². The highest BCUT2D eigenvalue weighted by Crippen LogP contribution is 2.25. The average Bonchev–Trinajstić information content (AvgIpc) is 2.15. The van der Waals surface area contributed by atoms with E-state index in [0.717, 1.165) is 10.7 Å². The molecule has 0 aliphatic rings. The summed E-state index contributed by atoms with van der Waals surface area (Å²) in [6.07, 6.45) is -0.220. The lowest BCUT2D eigenvalue weighted by atomic mass is 10.1. The Labute approximate surface area is 102 Å². The van der Waals surface area contributed by atoms with Gasteiger partial charge in [-0.3, -0.25) is 0 Å². The van der Waals surface area contributed by atoms with E-state index < -0.39 is 20.7 Å². The van der Waals surface area contributed by atoms with Crippen molar-refractivity contribution in [1.82, 2.24) is 0 Å². The van der Waals surface area contributed by atoms with Crippen molar-refractivity contribution in [1.29, 1.82) is 0 Å². The Morgan fingerprint density at radius 1 is 1.33 bits per heavy atom. The summed E-state index contributed by atoms with van der Waals surface area (Å²) in [5.74, 6) is 0. The second kappa shape index (κ2) is 4.82. The lowest BCUT2D eigenvalue weighted by Crippen LogP contribution is -2.21. The zero-order valence-electron chi connectivity index (χ0n) is 7.89. The molecule has 1 N–H and O–H groups in total. The van der Waals surface area contributed by atoms with Gasteiger partial charge in [-0.15, -0.1) is 11.6 Å². The first-order valence-corrected chi connectivity index (χ1v) is 7.27. The molecular weight excluding hydrogens is 304 g/mol. The molecule has 0 heterocycles. The van der Waals surface area contributed by atoms with Crippen molar-refractivity contribution in [2.24, 2.45) is 0 Å². The lowest BCUT2D eigenvalue weighted by molar-refractivity contribution is 0.192. The summed E-state index contributed by atoms with van der Waals surface area (Å²) in [5.41, 5.74) is 0.476. The van der Waals surface area contributed by atoms with Crippen LogP contribution in [0.1, 0.15) is 11.7 Å². The van der Waals surface area contributed by atoms with Gasteiger partial charge in [-0.05, 0) is 17.7 Å². The summed E-state index contributed by atoms with van der Waals surface area (Å²) in [6.45, 7) is 0. The number of hydrogen-bond acceptors (Lipinski definition) is 3. The van der Waals surface area contributed by atoms with Crippen LogP contribution in [-0.4, -0.2) is 24.5 Å². The predicted molar refractivity (Wildman–Crippen MR) is 63.6 cm³/mol. The van der Waals surface area contributed by atoms with Crippen LogP contribution in [0.15, 0.2) is 28.7 Å². The third-order valence-corrected chi connectivity index (χ3v) is 4.68. The van der Waals surface area contributed by atoms with Gasteiger partial charge in [0.25, 0.3) is 0 Å². The van der Waals surface area contributed by atoms with Crippen LogP contribution in [0.4, 0.5) is 0 Å². The van der Waals surface area contributed by atoms with Crippen LogP contribution >= 0.6 is 27.5 Å². The number of sulfone groups is 1. The minimum absolute atomic E-state index is 0.476. The maximum Gasteiger partial charge on any atom is 0.167 e. The van der Waals surface area contributed by atoms with Gasteiger partial charge in [0.15, 0.2) is 14.5 Å².